The number of amides is 1. The summed E-state index contributed by atoms with van der Waals surface area (Å²) >= 11 is 0. The van der Waals surface area contributed by atoms with Crippen LogP contribution in [0, 0.1) is 12.8 Å². The van der Waals surface area contributed by atoms with Crippen molar-refractivity contribution in [2.24, 2.45) is 5.92 Å². The van der Waals surface area contributed by atoms with E-state index in [9.17, 15) is 4.79 Å². The molecular weight excluding hydrogens is 414 g/mol. The molecule has 0 radical (unpaired) electrons. The lowest BCUT2D eigenvalue weighted by molar-refractivity contribution is -0.122. The van der Waals surface area contributed by atoms with Gasteiger partial charge in [-0.05, 0) is 51.0 Å². The Kier molecular flexibility index (Phi) is 7.06. The fraction of sp³-hybridized carbons (Fsp3) is 0.462. The van der Waals surface area contributed by atoms with Crippen molar-refractivity contribution in [3.05, 3.63) is 59.5 Å². The van der Waals surface area contributed by atoms with Crippen LogP contribution < -0.4 is 10.2 Å². The van der Waals surface area contributed by atoms with Crippen LogP contribution >= 0.6 is 0 Å². The molecule has 7 nitrogen and oxygen atoms in total. The quantitative estimate of drug-likeness (QED) is 0.565. The summed E-state index contributed by atoms with van der Waals surface area (Å²) in [6.07, 6.45) is 6.02. The molecule has 1 fully saturated rings. The van der Waals surface area contributed by atoms with Crippen molar-refractivity contribution in [2.75, 3.05) is 25.5 Å². The molecule has 7 heteroatoms. The summed E-state index contributed by atoms with van der Waals surface area (Å²) in [5.74, 6) is 2.20. The Morgan fingerprint density at radius 3 is 2.55 bits per heavy atom. The number of hydrogen-bond donors (Lipinski definition) is 1. The van der Waals surface area contributed by atoms with Gasteiger partial charge in [0.1, 0.15) is 0 Å². The average molecular weight is 448 g/mol. The zero-order valence-corrected chi connectivity index (χ0v) is 19.9. The second kappa shape index (κ2) is 10.1. The first-order valence-corrected chi connectivity index (χ1v) is 11.7. The van der Waals surface area contributed by atoms with Gasteiger partial charge >= 0.3 is 0 Å². The molecule has 2 heterocycles. The van der Waals surface area contributed by atoms with E-state index < -0.39 is 0 Å². The first kappa shape index (κ1) is 23.0. The highest BCUT2D eigenvalue weighted by atomic mass is 16.5. The molecule has 1 aliphatic carbocycles. The van der Waals surface area contributed by atoms with Gasteiger partial charge in [-0.25, -0.2) is 9.97 Å². The number of aromatic nitrogens is 3. The summed E-state index contributed by atoms with van der Waals surface area (Å²) in [7, 11) is 3.90. The fourth-order valence-electron chi connectivity index (χ4n) is 4.52. The molecule has 33 heavy (non-hydrogen) atoms. The molecule has 1 amide bonds. The van der Waals surface area contributed by atoms with Gasteiger partial charge in [0.05, 0.1) is 22.9 Å². The molecular formula is C26H33N5O2. The molecule has 2 aromatic heterocycles. The number of hydrogen-bond acceptors (Lipinski definition) is 6. The van der Waals surface area contributed by atoms with Gasteiger partial charge in [-0.2, -0.15) is 0 Å². The van der Waals surface area contributed by atoms with Gasteiger partial charge in [-0.15, -0.1) is 0 Å². The smallest absolute Gasteiger partial charge is 0.227 e. The number of nitrogens with one attached hydrogen (secondary N) is 1. The largest absolute Gasteiger partial charge is 0.356 e. The van der Waals surface area contributed by atoms with Gasteiger partial charge in [0, 0.05) is 38.8 Å². The van der Waals surface area contributed by atoms with Crippen LogP contribution in [0.3, 0.4) is 0 Å². The van der Waals surface area contributed by atoms with Crippen LogP contribution in [0.15, 0.2) is 47.1 Å². The molecule has 4 rings (SSSR count). The van der Waals surface area contributed by atoms with Gasteiger partial charge in [-0.1, -0.05) is 35.5 Å². The summed E-state index contributed by atoms with van der Waals surface area (Å²) in [5.41, 5.74) is 3.85. The van der Waals surface area contributed by atoms with Gasteiger partial charge in [0.15, 0.2) is 5.76 Å². The van der Waals surface area contributed by atoms with Crippen LogP contribution in [0.1, 0.15) is 61.4 Å². The molecule has 3 aromatic rings. The normalized spacial score (nSPS) is 19.2. The lowest BCUT2D eigenvalue weighted by Gasteiger charge is -2.29. The molecule has 1 aliphatic rings. The third kappa shape index (κ3) is 5.41. The standard InChI is InChI=1S/C26H33N5O2/c1-17-14-23(33-30-17)22-16-28-26(31(3)4)29-24(22)21-12-10-19(11-13-21)15-27-25(32)18(2)20-8-6-5-7-9-20/h5-9,14,16,18-19,21H,10-13,15H2,1-4H3,(H,27,32)/t18-,19?,21?/m1/s1. The van der Waals surface area contributed by atoms with Crippen molar-refractivity contribution in [3.63, 3.8) is 0 Å². The lowest BCUT2D eigenvalue weighted by Crippen LogP contribution is -2.33. The number of carbonyl (C=O) groups is 1. The van der Waals surface area contributed by atoms with E-state index in [-0.39, 0.29) is 11.8 Å². The number of rotatable bonds is 7. The first-order chi connectivity index (χ1) is 15.9. The predicted octanol–water partition coefficient (Wildman–Crippen LogP) is 4.70. The summed E-state index contributed by atoms with van der Waals surface area (Å²) in [6, 6.07) is 11.9. The number of benzene rings is 1. The Hall–Kier alpha value is -3.22. The van der Waals surface area contributed by atoms with Gasteiger partial charge in [-0.3, -0.25) is 4.79 Å². The molecule has 1 aromatic carbocycles. The molecule has 1 atom stereocenters. The monoisotopic (exact) mass is 447 g/mol. The number of aryl methyl sites for hydroxylation is 1. The van der Waals surface area contributed by atoms with Crippen molar-refractivity contribution >= 4 is 11.9 Å². The lowest BCUT2D eigenvalue weighted by atomic mass is 9.79. The molecule has 1 N–H and O–H groups in total. The molecule has 0 bridgehead atoms. The summed E-state index contributed by atoms with van der Waals surface area (Å²) in [4.78, 5) is 24.0. The summed E-state index contributed by atoms with van der Waals surface area (Å²) in [6.45, 7) is 4.61. The predicted molar refractivity (Wildman–Crippen MR) is 129 cm³/mol. The van der Waals surface area contributed by atoms with Crippen LogP contribution in [0.25, 0.3) is 11.3 Å². The van der Waals surface area contributed by atoms with E-state index in [2.05, 4.69) is 15.5 Å². The van der Waals surface area contributed by atoms with E-state index in [1.807, 2.05) is 75.4 Å². The Bertz CT molecular complexity index is 1070. The highest BCUT2D eigenvalue weighted by Crippen LogP contribution is 2.39. The second-order valence-electron chi connectivity index (χ2n) is 9.29. The van der Waals surface area contributed by atoms with Crippen LogP contribution in [-0.4, -0.2) is 41.7 Å². The maximum atomic E-state index is 12.6. The highest BCUT2D eigenvalue weighted by Gasteiger charge is 2.28. The molecule has 0 unspecified atom stereocenters. The minimum atomic E-state index is -0.138. The zero-order chi connectivity index (χ0) is 23.4. The molecule has 0 spiro atoms. The van der Waals surface area contributed by atoms with E-state index in [1.165, 1.54) is 0 Å². The highest BCUT2D eigenvalue weighted by molar-refractivity contribution is 5.83. The zero-order valence-electron chi connectivity index (χ0n) is 19.9. The van der Waals surface area contributed by atoms with E-state index in [1.54, 1.807) is 0 Å². The molecule has 0 saturated heterocycles. The number of anilines is 1. The number of nitrogens with zero attached hydrogens (tertiary/aromatic N) is 4. The van der Waals surface area contributed by atoms with E-state index in [0.717, 1.165) is 60.5 Å². The maximum absolute atomic E-state index is 12.6. The van der Waals surface area contributed by atoms with E-state index in [0.29, 0.717) is 17.8 Å². The first-order valence-electron chi connectivity index (χ1n) is 11.7. The van der Waals surface area contributed by atoms with Crippen LogP contribution in [0.2, 0.25) is 0 Å². The van der Waals surface area contributed by atoms with Crippen molar-refractivity contribution in [1.82, 2.24) is 20.4 Å². The Balaban J connectivity index is 1.39. The van der Waals surface area contributed by atoms with E-state index >= 15 is 0 Å². The van der Waals surface area contributed by atoms with Crippen LogP contribution in [0.5, 0.6) is 0 Å². The van der Waals surface area contributed by atoms with Crippen LogP contribution in [0.4, 0.5) is 5.95 Å². The maximum Gasteiger partial charge on any atom is 0.227 e. The minimum absolute atomic E-state index is 0.0951. The van der Waals surface area contributed by atoms with Gasteiger partial charge in [0.2, 0.25) is 11.9 Å². The Labute approximate surface area is 195 Å². The molecule has 174 valence electrons. The number of carbonyl (C=O) groups excluding carboxylic acids is 1. The van der Waals surface area contributed by atoms with Crippen molar-refractivity contribution in [2.45, 2.75) is 51.4 Å². The summed E-state index contributed by atoms with van der Waals surface area (Å²) in [5, 5.41) is 7.22. The topological polar surface area (TPSA) is 84.2 Å². The van der Waals surface area contributed by atoms with Crippen molar-refractivity contribution in [1.29, 1.82) is 0 Å². The fourth-order valence-corrected chi connectivity index (χ4v) is 4.52. The van der Waals surface area contributed by atoms with Gasteiger partial charge in [0.25, 0.3) is 0 Å². The van der Waals surface area contributed by atoms with Crippen LogP contribution in [-0.2, 0) is 4.79 Å². The van der Waals surface area contributed by atoms with Crippen molar-refractivity contribution in [3.8, 4) is 11.3 Å². The molecule has 1 saturated carbocycles. The third-order valence-corrected chi connectivity index (χ3v) is 6.59. The third-order valence-electron chi connectivity index (χ3n) is 6.59. The van der Waals surface area contributed by atoms with E-state index in [4.69, 9.17) is 9.51 Å². The second-order valence-corrected chi connectivity index (χ2v) is 9.29. The Morgan fingerprint density at radius 2 is 1.91 bits per heavy atom. The average Bonchev–Trinajstić information content (AvgIpc) is 3.28. The van der Waals surface area contributed by atoms with Crippen molar-refractivity contribution < 1.29 is 9.32 Å². The Morgan fingerprint density at radius 1 is 1.18 bits per heavy atom. The minimum Gasteiger partial charge on any atom is -0.356 e. The molecule has 0 aliphatic heterocycles. The van der Waals surface area contributed by atoms with Gasteiger partial charge < -0.3 is 14.7 Å². The summed E-state index contributed by atoms with van der Waals surface area (Å²) < 4.78 is 5.54. The SMILES string of the molecule is Cc1cc(-c2cnc(N(C)C)nc2C2CCC(CNC(=O)[C@H](C)c3ccccc3)CC2)on1.